The van der Waals surface area contributed by atoms with Crippen LogP contribution in [0.1, 0.15) is 76.7 Å². The molecule has 0 saturated heterocycles. The summed E-state index contributed by atoms with van der Waals surface area (Å²) < 4.78 is 16.4. The predicted molar refractivity (Wildman–Crippen MR) is 113 cm³/mol. The SMILES string of the molecule is CCCCCCCCCCOc1ccc(COCCCC#CCOC)cc1. The highest BCUT2D eigenvalue weighted by Gasteiger charge is 1.97. The minimum absolute atomic E-state index is 0.508. The number of hydrogen-bond acceptors (Lipinski definition) is 3. The first-order valence-electron chi connectivity index (χ1n) is 10.6. The number of hydrogen-bond donors (Lipinski definition) is 0. The molecule has 0 atom stereocenters. The van der Waals surface area contributed by atoms with Gasteiger partial charge in [0, 0.05) is 20.1 Å². The van der Waals surface area contributed by atoms with Crippen molar-refractivity contribution in [2.75, 3.05) is 26.9 Å². The van der Waals surface area contributed by atoms with Crippen molar-refractivity contribution in [3.05, 3.63) is 29.8 Å². The van der Waals surface area contributed by atoms with E-state index < -0.39 is 0 Å². The summed E-state index contributed by atoms with van der Waals surface area (Å²) in [5.74, 6) is 6.96. The fourth-order valence-electron chi connectivity index (χ4n) is 2.77. The molecule has 3 heteroatoms. The molecular weight excluding hydrogens is 336 g/mol. The van der Waals surface area contributed by atoms with E-state index in [9.17, 15) is 0 Å². The lowest BCUT2D eigenvalue weighted by molar-refractivity contribution is 0.119. The minimum Gasteiger partial charge on any atom is -0.494 e. The summed E-state index contributed by atoms with van der Waals surface area (Å²) in [6, 6.07) is 8.25. The molecule has 0 unspecified atom stereocenters. The van der Waals surface area contributed by atoms with Gasteiger partial charge in [0.1, 0.15) is 12.4 Å². The van der Waals surface area contributed by atoms with Crippen LogP contribution in [0.15, 0.2) is 24.3 Å². The Balaban J connectivity index is 2.00. The van der Waals surface area contributed by atoms with E-state index >= 15 is 0 Å². The fourth-order valence-corrected chi connectivity index (χ4v) is 2.77. The molecule has 0 fully saturated rings. The summed E-state index contributed by atoms with van der Waals surface area (Å²) >= 11 is 0. The van der Waals surface area contributed by atoms with Gasteiger partial charge in [0.15, 0.2) is 0 Å². The van der Waals surface area contributed by atoms with Gasteiger partial charge in [0.05, 0.1) is 13.2 Å². The zero-order valence-electron chi connectivity index (χ0n) is 17.4. The Morgan fingerprint density at radius 1 is 0.778 bits per heavy atom. The summed E-state index contributed by atoms with van der Waals surface area (Å²) in [5, 5.41) is 0. The molecule has 152 valence electrons. The van der Waals surface area contributed by atoms with Crippen molar-refractivity contribution >= 4 is 0 Å². The van der Waals surface area contributed by atoms with Gasteiger partial charge in [-0.05, 0) is 30.5 Å². The lowest BCUT2D eigenvalue weighted by Crippen LogP contribution is -1.98. The van der Waals surface area contributed by atoms with Crippen molar-refractivity contribution in [2.24, 2.45) is 0 Å². The molecule has 1 aromatic carbocycles. The van der Waals surface area contributed by atoms with Gasteiger partial charge in [-0.2, -0.15) is 0 Å². The van der Waals surface area contributed by atoms with Crippen LogP contribution in [0.4, 0.5) is 0 Å². The molecule has 0 saturated carbocycles. The van der Waals surface area contributed by atoms with Crippen molar-refractivity contribution in [1.82, 2.24) is 0 Å². The normalized spacial score (nSPS) is 10.4. The van der Waals surface area contributed by atoms with Crippen LogP contribution in [0.5, 0.6) is 5.75 Å². The Bertz CT molecular complexity index is 499. The van der Waals surface area contributed by atoms with Crippen molar-refractivity contribution in [1.29, 1.82) is 0 Å². The molecule has 1 rings (SSSR count). The quantitative estimate of drug-likeness (QED) is 0.256. The Morgan fingerprint density at radius 3 is 2.19 bits per heavy atom. The second-order valence-corrected chi connectivity index (χ2v) is 6.91. The number of unbranched alkanes of at least 4 members (excludes halogenated alkanes) is 8. The number of rotatable bonds is 16. The van der Waals surface area contributed by atoms with E-state index in [1.54, 1.807) is 7.11 Å². The van der Waals surface area contributed by atoms with Crippen molar-refractivity contribution in [2.45, 2.75) is 77.7 Å². The zero-order valence-corrected chi connectivity index (χ0v) is 17.4. The van der Waals surface area contributed by atoms with Crippen LogP contribution in [0.3, 0.4) is 0 Å². The number of ether oxygens (including phenoxy) is 3. The van der Waals surface area contributed by atoms with Gasteiger partial charge in [-0.15, -0.1) is 5.92 Å². The van der Waals surface area contributed by atoms with Crippen LogP contribution in [0.2, 0.25) is 0 Å². The lowest BCUT2D eigenvalue weighted by Gasteiger charge is -2.08. The topological polar surface area (TPSA) is 27.7 Å². The first-order valence-corrected chi connectivity index (χ1v) is 10.6. The van der Waals surface area contributed by atoms with E-state index in [4.69, 9.17) is 14.2 Å². The van der Waals surface area contributed by atoms with E-state index in [-0.39, 0.29) is 0 Å². The third kappa shape index (κ3) is 14.3. The molecule has 3 nitrogen and oxygen atoms in total. The van der Waals surface area contributed by atoms with Crippen LogP contribution in [-0.4, -0.2) is 26.9 Å². The van der Waals surface area contributed by atoms with E-state index in [2.05, 4.69) is 30.9 Å². The largest absolute Gasteiger partial charge is 0.494 e. The van der Waals surface area contributed by atoms with Crippen molar-refractivity contribution < 1.29 is 14.2 Å². The van der Waals surface area contributed by atoms with Gasteiger partial charge in [-0.25, -0.2) is 0 Å². The van der Waals surface area contributed by atoms with E-state index in [1.807, 2.05) is 12.1 Å². The highest BCUT2D eigenvalue weighted by molar-refractivity contribution is 5.26. The molecule has 0 radical (unpaired) electrons. The highest BCUT2D eigenvalue weighted by atomic mass is 16.5. The molecule has 0 spiro atoms. The van der Waals surface area contributed by atoms with Crippen LogP contribution in [0.25, 0.3) is 0 Å². The number of benzene rings is 1. The van der Waals surface area contributed by atoms with Crippen LogP contribution in [-0.2, 0) is 16.1 Å². The molecular formula is C24H38O3. The zero-order chi connectivity index (χ0) is 19.4. The van der Waals surface area contributed by atoms with Gasteiger partial charge in [0.25, 0.3) is 0 Å². The van der Waals surface area contributed by atoms with E-state index in [1.165, 1.54) is 50.5 Å². The summed E-state index contributed by atoms with van der Waals surface area (Å²) in [4.78, 5) is 0. The summed E-state index contributed by atoms with van der Waals surface area (Å²) in [6.07, 6.45) is 12.4. The van der Waals surface area contributed by atoms with Gasteiger partial charge >= 0.3 is 0 Å². The maximum atomic E-state index is 5.83. The highest BCUT2D eigenvalue weighted by Crippen LogP contribution is 2.14. The van der Waals surface area contributed by atoms with E-state index in [0.717, 1.165) is 38.2 Å². The molecule has 0 aliphatic heterocycles. The van der Waals surface area contributed by atoms with Gasteiger partial charge < -0.3 is 14.2 Å². The molecule has 0 aromatic heterocycles. The third-order valence-corrected chi connectivity index (χ3v) is 4.39. The first-order chi connectivity index (χ1) is 13.4. The lowest BCUT2D eigenvalue weighted by atomic mass is 10.1. The summed E-state index contributed by atoms with van der Waals surface area (Å²) in [5.41, 5.74) is 1.18. The average Bonchev–Trinajstić information content (AvgIpc) is 2.70. The molecule has 0 N–H and O–H groups in total. The third-order valence-electron chi connectivity index (χ3n) is 4.39. The molecule has 0 bridgehead atoms. The Kier molecular flexibility index (Phi) is 15.6. The monoisotopic (exact) mass is 374 g/mol. The van der Waals surface area contributed by atoms with Crippen molar-refractivity contribution in [3.8, 4) is 17.6 Å². The molecule has 1 aromatic rings. The first kappa shape index (κ1) is 23.5. The van der Waals surface area contributed by atoms with Gasteiger partial charge in [-0.3, -0.25) is 0 Å². The average molecular weight is 375 g/mol. The summed E-state index contributed by atoms with van der Waals surface area (Å²) in [7, 11) is 1.66. The molecule has 0 aliphatic rings. The Labute approximate surface area is 166 Å². The van der Waals surface area contributed by atoms with Crippen LogP contribution < -0.4 is 4.74 Å². The maximum absolute atomic E-state index is 5.83. The second kappa shape index (κ2) is 17.9. The standard InChI is InChI=1S/C24H38O3/c1-3-4-5-6-7-8-9-14-21-27-24-17-15-23(16-18-24)22-26-20-13-11-10-12-19-25-2/h15-18H,3-9,11,13-14,19-22H2,1-2H3. The fraction of sp³-hybridized carbons (Fsp3) is 0.667. The predicted octanol–water partition coefficient (Wildman–Crippen LogP) is 6.15. The minimum atomic E-state index is 0.508. The Hall–Kier alpha value is -1.50. The summed E-state index contributed by atoms with van der Waals surface area (Å²) in [6.45, 7) is 4.96. The number of methoxy groups -OCH3 is 1. The molecule has 27 heavy (non-hydrogen) atoms. The molecule has 0 heterocycles. The smallest absolute Gasteiger partial charge is 0.119 e. The van der Waals surface area contributed by atoms with Crippen molar-refractivity contribution in [3.63, 3.8) is 0 Å². The van der Waals surface area contributed by atoms with Crippen LogP contribution in [0, 0.1) is 11.8 Å². The molecule has 0 amide bonds. The van der Waals surface area contributed by atoms with Gasteiger partial charge in [-0.1, -0.05) is 69.9 Å². The van der Waals surface area contributed by atoms with Gasteiger partial charge in [0.2, 0.25) is 0 Å². The van der Waals surface area contributed by atoms with Crippen LogP contribution >= 0.6 is 0 Å². The Morgan fingerprint density at radius 2 is 1.48 bits per heavy atom. The second-order valence-electron chi connectivity index (χ2n) is 6.91. The van der Waals surface area contributed by atoms with E-state index in [0.29, 0.717) is 13.2 Å². The molecule has 0 aliphatic carbocycles. The maximum Gasteiger partial charge on any atom is 0.119 e.